The number of halogens is 3. The van der Waals surface area contributed by atoms with Crippen LogP contribution in [0.15, 0.2) is 52.1 Å². The lowest BCUT2D eigenvalue weighted by molar-refractivity contribution is -0.117. The second kappa shape index (κ2) is 10.7. The van der Waals surface area contributed by atoms with Crippen molar-refractivity contribution in [2.45, 2.75) is 26.3 Å². The van der Waals surface area contributed by atoms with Gasteiger partial charge in [0.2, 0.25) is 5.91 Å². The van der Waals surface area contributed by atoms with Crippen LogP contribution in [0, 0.1) is 17.5 Å². The maximum Gasteiger partial charge on any atom is 0.330 e. The summed E-state index contributed by atoms with van der Waals surface area (Å²) in [6.07, 6.45) is 1.18. The highest BCUT2D eigenvalue weighted by Gasteiger charge is 2.24. The third-order valence-corrected chi connectivity index (χ3v) is 5.17. The number of rotatable bonds is 9. The van der Waals surface area contributed by atoms with Gasteiger partial charge in [0.15, 0.2) is 23.1 Å². The highest BCUT2D eigenvalue weighted by Crippen LogP contribution is 2.21. The largest absolute Gasteiger partial charge is 0.383 e. The molecular formula is C23H24F3N5O3. The molecule has 0 bridgehead atoms. The lowest BCUT2D eigenvalue weighted by Crippen LogP contribution is -2.43. The molecule has 0 atom stereocenters. The van der Waals surface area contributed by atoms with E-state index in [2.05, 4.69) is 10.3 Å². The number of aromatic nitrogens is 2. The van der Waals surface area contributed by atoms with E-state index in [1.54, 1.807) is 24.3 Å². The molecule has 4 N–H and O–H groups in total. The van der Waals surface area contributed by atoms with E-state index >= 15 is 0 Å². The van der Waals surface area contributed by atoms with E-state index in [1.165, 1.54) is 0 Å². The zero-order valence-electron chi connectivity index (χ0n) is 18.4. The Morgan fingerprint density at radius 1 is 1.09 bits per heavy atom. The molecule has 3 rings (SSSR count). The van der Waals surface area contributed by atoms with Gasteiger partial charge in [-0.05, 0) is 24.1 Å². The van der Waals surface area contributed by atoms with E-state index < -0.39 is 46.8 Å². The fraction of sp³-hybridized carbons (Fsp3) is 0.261. The van der Waals surface area contributed by atoms with Crippen molar-refractivity contribution in [3.63, 3.8) is 0 Å². The van der Waals surface area contributed by atoms with Crippen molar-refractivity contribution < 1.29 is 18.0 Å². The number of nitrogens with two attached hydrogens (primary N) is 1. The van der Waals surface area contributed by atoms with Crippen LogP contribution < -0.4 is 27.2 Å². The highest BCUT2D eigenvalue weighted by molar-refractivity contribution is 5.98. The number of nitrogens with zero attached hydrogens (tertiary/aromatic N) is 2. The first-order chi connectivity index (χ1) is 16.2. The molecule has 180 valence electrons. The Balaban J connectivity index is 1.94. The molecule has 2 aromatic carbocycles. The molecular weight excluding hydrogens is 451 g/mol. The van der Waals surface area contributed by atoms with Gasteiger partial charge in [0.1, 0.15) is 5.82 Å². The molecule has 11 heteroatoms. The second-order valence-corrected chi connectivity index (χ2v) is 7.54. The number of carbonyl (C=O) groups is 1. The van der Waals surface area contributed by atoms with Crippen LogP contribution in [-0.4, -0.2) is 28.5 Å². The third kappa shape index (κ3) is 5.30. The number of anilines is 3. The van der Waals surface area contributed by atoms with Gasteiger partial charge < -0.3 is 16.0 Å². The van der Waals surface area contributed by atoms with Gasteiger partial charge in [-0.2, -0.15) is 0 Å². The van der Waals surface area contributed by atoms with Crippen LogP contribution in [0.5, 0.6) is 0 Å². The number of H-pyrrole nitrogens is 1. The zero-order valence-corrected chi connectivity index (χ0v) is 18.4. The molecule has 0 aliphatic heterocycles. The maximum atomic E-state index is 14.0. The van der Waals surface area contributed by atoms with Crippen molar-refractivity contribution in [2.24, 2.45) is 0 Å². The zero-order chi connectivity index (χ0) is 24.8. The normalized spacial score (nSPS) is 10.8. The summed E-state index contributed by atoms with van der Waals surface area (Å²) in [5.41, 5.74) is 4.71. The maximum absolute atomic E-state index is 14.0. The predicted octanol–water partition coefficient (Wildman–Crippen LogP) is 2.83. The summed E-state index contributed by atoms with van der Waals surface area (Å²) in [6.45, 7) is 1.49. The van der Waals surface area contributed by atoms with E-state index in [-0.39, 0.29) is 24.6 Å². The fourth-order valence-corrected chi connectivity index (χ4v) is 3.37. The molecule has 0 spiro atoms. The van der Waals surface area contributed by atoms with Crippen molar-refractivity contribution in [3.05, 3.63) is 86.3 Å². The van der Waals surface area contributed by atoms with Gasteiger partial charge in [-0.1, -0.05) is 43.7 Å². The minimum atomic E-state index is -1.67. The van der Waals surface area contributed by atoms with Gasteiger partial charge in [0.05, 0.1) is 18.8 Å². The van der Waals surface area contributed by atoms with Gasteiger partial charge in [-0.3, -0.25) is 19.1 Å². The molecule has 0 saturated heterocycles. The number of nitrogen functional groups attached to an aromatic ring is 1. The summed E-state index contributed by atoms with van der Waals surface area (Å²) in [5.74, 6) is -5.39. The van der Waals surface area contributed by atoms with E-state index in [0.29, 0.717) is 12.8 Å². The standard InChI is InChI=1S/C23H24F3N5O3/c1-2-3-11-30(17(32)12-28-16-10-9-15(24)18(25)19(16)26)20-21(27)31(23(34)29-22(20)33)13-14-7-5-4-6-8-14/h4-10,28H,2-3,11-13,27H2,1H3,(H,29,33,34). The van der Waals surface area contributed by atoms with Crippen molar-refractivity contribution in [2.75, 3.05) is 29.0 Å². The first-order valence-corrected chi connectivity index (χ1v) is 10.6. The number of aromatic amines is 1. The Morgan fingerprint density at radius 3 is 2.47 bits per heavy atom. The number of benzene rings is 2. The van der Waals surface area contributed by atoms with Crippen molar-refractivity contribution >= 4 is 23.1 Å². The van der Waals surface area contributed by atoms with Crippen LogP contribution in [0.2, 0.25) is 0 Å². The molecule has 0 saturated carbocycles. The first kappa shape index (κ1) is 24.6. The van der Waals surface area contributed by atoms with E-state index in [0.717, 1.165) is 27.2 Å². The summed E-state index contributed by atoms with van der Waals surface area (Å²) in [7, 11) is 0. The molecule has 1 heterocycles. The van der Waals surface area contributed by atoms with Crippen LogP contribution >= 0.6 is 0 Å². The van der Waals surface area contributed by atoms with Crippen LogP contribution in [0.4, 0.5) is 30.4 Å². The van der Waals surface area contributed by atoms with E-state index in [9.17, 15) is 27.6 Å². The Morgan fingerprint density at radius 2 is 1.79 bits per heavy atom. The van der Waals surface area contributed by atoms with Crippen molar-refractivity contribution in [1.82, 2.24) is 9.55 Å². The molecule has 1 amide bonds. The third-order valence-electron chi connectivity index (χ3n) is 5.17. The quantitative estimate of drug-likeness (QED) is 0.412. The van der Waals surface area contributed by atoms with Gasteiger partial charge in [-0.15, -0.1) is 0 Å². The number of amides is 1. The average Bonchev–Trinajstić information content (AvgIpc) is 2.82. The molecule has 8 nitrogen and oxygen atoms in total. The number of hydrogen-bond acceptors (Lipinski definition) is 5. The Bertz CT molecular complexity index is 1290. The molecule has 0 aliphatic rings. The van der Waals surface area contributed by atoms with Gasteiger partial charge in [0, 0.05) is 6.54 Å². The van der Waals surface area contributed by atoms with Crippen molar-refractivity contribution in [3.8, 4) is 0 Å². The Hall–Kier alpha value is -4.02. The second-order valence-electron chi connectivity index (χ2n) is 7.54. The number of hydrogen-bond donors (Lipinski definition) is 3. The molecule has 0 unspecified atom stereocenters. The smallest absolute Gasteiger partial charge is 0.330 e. The van der Waals surface area contributed by atoms with Crippen molar-refractivity contribution in [1.29, 1.82) is 0 Å². The fourth-order valence-electron chi connectivity index (χ4n) is 3.37. The van der Waals surface area contributed by atoms with Gasteiger partial charge in [0.25, 0.3) is 5.56 Å². The minimum Gasteiger partial charge on any atom is -0.383 e. The molecule has 3 aromatic rings. The summed E-state index contributed by atoms with van der Waals surface area (Å²) < 4.78 is 41.8. The van der Waals surface area contributed by atoms with Crippen LogP contribution in [-0.2, 0) is 11.3 Å². The Kier molecular flexibility index (Phi) is 7.77. The SMILES string of the molecule is CCCCN(C(=O)CNc1ccc(F)c(F)c1F)c1c(N)n(Cc2ccccc2)c(=O)[nH]c1=O. The molecule has 1 aromatic heterocycles. The molecule has 0 radical (unpaired) electrons. The van der Waals surface area contributed by atoms with Crippen LogP contribution in [0.25, 0.3) is 0 Å². The number of carbonyl (C=O) groups excluding carboxylic acids is 1. The lowest BCUT2D eigenvalue weighted by atomic mass is 10.2. The number of nitrogens with one attached hydrogen (secondary N) is 2. The first-order valence-electron chi connectivity index (χ1n) is 10.6. The topological polar surface area (TPSA) is 113 Å². The average molecular weight is 475 g/mol. The summed E-state index contributed by atoms with van der Waals surface area (Å²) in [6, 6.07) is 10.6. The van der Waals surface area contributed by atoms with Crippen LogP contribution in [0.3, 0.4) is 0 Å². The van der Waals surface area contributed by atoms with Crippen LogP contribution in [0.1, 0.15) is 25.3 Å². The lowest BCUT2D eigenvalue weighted by Gasteiger charge is -2.25. The van der Waals surface area contributed by atoms with Gasteiger partial charge in [-0.25, -0.2) is 18.0 Å². The van der Waals surface area contributed by atoms with E-state index in [4.69, 9.17) is 5.73 Å². The monoisotopic (exact) mass is 475 g/mol. The molecule has 34 heavy (non-hydrogen) atoms. The summed E-state index contributed by atoms with van der Waals surface area (Å²) in [5, 5.41) is 2.42. The van der Waals surface area contributed by atoms with E-state index in [1.807, 2.05) is 13.0 Å². The van der Waals surface area contributed by atoms with Gasteiger partial charge >= 0.3 is 5.69 Å². The predicted molar refractivity (Wildman–Crippen MR) is 123 cm³/mol. The molecule has 0 aliphatic carbocycles. The molecule has 0 fully saturated rings. The summed E-state index contributed by atoms with van der Waals surface area (Å²) >= 11 is 0. The Labute approximate surface area is 192 Å². The summed E-state index contributed by atoms with van der Waals surface area (Å²) in [4.78, 5) is 41.4. The minimum absolute atomic E-state index is 0.0589. The number of unbranched alkanes of at least 4 members (excludes halogenated alkanes) is 1. The highest BCUT2D eigenvalue weighted by atomic mass is 19.2.